The van der Waals surface area contributed by atoms with Crippen molar-refractivity contribution >= 4 is 34.1 Å². The first-order valence-electron chi connectivity index (χ1n) is 6.42. The number of fused-ring (bicyclic) bond motifs is 1. The number of pyridine rings is 1. The number of rotatable bonds is 2. The lowest BCUT2D eigenvalue weighted by Gasteiger charge is -2.08. The van der Waals surface area contributed by atoms with E-state index in [1.807, 2.05) is 31.2 Å². The normalized spacial score (nSPS) is 10.8. The Labute approximate surface area is 126 Å². The highest BCUT2D eigenvalue weighted by Gasteiger charge is 2.17. The Morgan fingerprint density at radius 3 is 2.81 bits per heavy atom. The van der Waals surface area contributed by atoms with Crippen molar-refractivity contribution in [2.45, 2.75) is 6.92 Å². The van der Waals surface area contributed by atoms with Crippen LogP contribution in [0.5, 0.6) is 0 Å². The Bertz CT molecular complexity index is 821. The summed E-state index contributed by atoms with van der Waals surface area (Å²) in [4.78, 5) is 16.5. The lowest BCUT2D eigenvalue weighted by atomic mass is 10.2. The number of halogens is 1. The summed E-state index contributed by atoms with van der Waals surface area (Å²) in [5.41, 5.74) is 2.63. The maximum atomic E-state index is 12.5. The monoisotopic (exact) mass is 300 g/mol. The van der Waals surface area contributed by atoms with Gasteiger partial charge < -0.3 is 5.32 Å². The predicted octanol–water partition coefficient (Wildman–Crippen LogP) is 3.18. The molecule has 2 heterocycles. The number of nitrogens with zero attached hydrogens (tertiary/aromatic N) is 3. The molecule has 0 atom stereocenters. The zero-order valence-electron chi connectivity index (χ0n) is 11.6. The Kier molecular flexibility index (Phi) is 3.35. The number of hydrogen-bond donors (Lipinski definition) is 1. The summed E-state index contributed by atoms with van der Waals surface area (Å²) in [6.07, 6.45) is 1.60. The van der Waals surface area contributed by atoms with Gasteiger partial charge in [0.1, 0.15) is 0 Å². The molecule has 3 aromatic rings. The SMILES string of the molecule is Cc1ccnc(Cl)c1NC(=O)c1nn(C)c2ccccc12. The molecule has 1 N–H and O–H groups in total. The number of nitrogens with one attached hydrogen (secondary N) is 1. The molecule has 21 heavy (non-hydrogen) atoms. The van der Waals surface area contributed by atoms with Crippen LogP contribution in [0.2, 0.25) is 5.15 Å². The van der Waals surface area contributed by atoms with Gasteiger partial charge in [-0.25, -0.2) is 4.98 Å². The molecule has 0 saturated carbocycles. The highest BCUT2D eigenvalue weighted by atomic mass is 35.5. The molecule has 1 aromatic carbocycles. The maximum Gasteiger partial charge on any atom is 0.276 e. The summed E-state index contributed by atoms with van der Waals surface area (Å²) in [5.74, 6) is -0.301. The molecule has 0 fully saturated rings. The zero-order valence-corrected chi connectivity index (χ0v) is 12.3. The molecule has 0 unspecified atom stereocenters. The maximum absolute atomic E-state index is 12.5. The average Bonchev–Trinajstić information content (AvgIpc) is 2.81. The summed E-state index contributed by atoms with van der Waals surface area (Å²) in [5, 5.41) is 8.15. The molecular formula is C15H13ClN4O. The second kappa shape index (κ2) is 5.18. The van der Waals surface area contributed by atoms with E-state index < -0.39 is 0 Å². The van der Waals surface area contributed by atoms with Gasteiger partial charge in [0, 0.05) is 18.6 Å². The molecule has 0 aliphatic carbocycles. The zero-order chi connectivity index (χ0) is 15.0. The third kappa shape index (κ3) is 2.36. The van der Waals surface area contributed by atoms with Crippen LogP contribution < -0.4 is 5.32 Å². The number of carbonyl (C=O) groups is 1. The molecule has 0 aliphatic heterocycles. The van der Waals surface area contributed by atoms with Crippen molar-refractivity contribution in [3.63, 3.8) is 0 Å². The summed E-state index contributed by atoms with van der Waals surface area (Å²) >= 11 is 6.03. The third-order valence-corrected chi connectivity index (χ3v) is 3.61. The summed E-state index contributed by atoms with van der Waals surface area (Å²) < 4.78 is 1.68. The van der Waals surface area contributed by atoms with Gasteiger partial charge in [0.05, 0.1) is 11.2 Å². The third-order valence-electron chi connectivity index (χ3n) is 3.32. The van der Waals surface area contributed by atoms with Gasteiger partial charge in [0.15, 0.2) is 10.8 Å². The molecule has 0 radical (unpaired) electrons. The van der Waals surface area contributed by atoms with Crippen molar-refractivity contribution in [2.75, 3.05) is 5.32 Å². The van der Waals surface area contributed by atoms with E-state index in [0.29, 0.717) is 11.4 Å². The molecule has 0 saturated heterocycles. The lowest BCUT2D eigenvalue weighted by Crippen LogP contribution is -2.14. The van der Waals surface area contributed by atoms with Crippen molar-refractivity contribution in [2.24, 2.45) is 7.05 Å². The van der Waals surface area contributed by atoms with Gasteiger partial charge in [-0.1, -0.05) is 29.8 Å². The van der Waals surface area contributed by atoms with E-state index in [9.17, 15) is 4.79 Å². The fourth-order valence-corrected chi connectivity index (χ4v) is 2.48. The number of aryl methyl sites for hydroxylation is 2. The Hall–Kier alpha value is -2.40. The van der Waals surface area contributed by atoms with E-state index >= 15 is 0 Å². The van der Waals surface area contributed by atoms with Crippen molar-refractivity contribution in [3.8, 4) is 0 Å². The Morgan fingerprint density at radius 2 is 2.05 bits per heavy atom. The van der Waals surface area contributed by atoms with Crippen molar-refractivity contribution in [3.05, 3.63) is 52.9 Å². The van der Waals surface area contributed by atoms with Crippen LogP contribution in [-0.4, -0.2) is 20.7 Å². The number of benzene rings is 1. The van der Waals surface area contributed by atoms with Crippen LogP contribution in [0.1, 0.15) is 16.1 Å². The predicted molar refractivity (Wildman–Crippen MR) is 82.7 cm³/mol. The summed E-state index contributed by atoms with van der Waals surface area (Å²) in [7, 11) is 1.81. The van der Waals surface area contributed by atoms with E-state index in [4.69, 9.17) is 11.6 Å². The van der Waals surface area contributed by atoms with Crippen LogP contribution in [0.4, 0.5) is 5.69 Å². The number of anilines is 1. The van der Waals surface area contributed by atoms with Gasteiger partial charge in [-0.15, -0.1) is 0 Å². The molecule has 5 nitrogen and oxygen atoms in total. The Morgan fingerprint density at radius 1 is 1.29 bits per heavy atom. The second-order valence-corrected chi connectivity index (χ2v) is 5.10. The topological polar surface area (TPSA) is 59.8 Å². The fourth-order valence-electron chi connectivity index (χ4n) is 2.23. The lowest BCUT2D eigenvalue weighted by molar-refractivity contribution is 0.102. The first kappa shape index (κ1) is 13.6. The van der Waals surface area contributed by atoms with Gasteiger partial charge in [0.25, 0.3) is 5.91 Å². The second-order valence-electron chi connectivity index (χ2n) is 4.74. The summed E-state index contributed by atoms with van der Waals surface area (Å²) in [6, 6.07) is 9.37. The highest BCUT2D eigenvalue weighted by molar-refractivity contribution is 6.33. The van der Waals surface area contributed by atoms with Crippen LogP contribution >= 0.6 is 11.6 Å². The number of aromatic nitrogens is 3. The average molecular weight is 301 g/mol. The molecule has 1 amide bonds. The quantitative estimate of drug-likeness (QED) is 0.739. The van der Waals surface area contributed by atoms with Gasteiger partial charge in [-0.2, -0.15) is 5.10 Å². The molecule has 0 aliphatic rings. The van der Waals surface area contributed by atoms with Crippen LogP contribution in [0.3, 0.4) is 0 Å². The van der Waals surface area contributed by atoms with Crippen molar-refractivity contribution < 1.29 is 4.79 Å². The van der Waals surface area contributed by atoms with Gasteiger partial charge in [-0.3, -0.25) is 9.48 Å². The van der Waals surface area contributed by atoms with E-state index in [0.717, 1.165) is 16.5 Å². The first-order chi connectivity index (χ1) is 10.1. The fraction of sp³-hybridized carbons (Fsp3) is 0.133. The molecule has 0 bridgehead atoms. The van der Waals surface area contributed by atoms with Crippen LogP contribution in [0.15, 0.2) is 36.5 Å². The van der Waals surface area contributed by atoms with Crippen LogP contribution in [-0.2, 0) is 7.05 Å². The highest BCUT2D eigenvalue weighted by Crippen LogP contribution is 2.24. The Balaban J connectivity index is 2.02. The molecule has 3 rings (SSSR count). The molecule has 6 heteroatoms. The molecular weight excluding hydrogens is 288 g/mol. The van der Waals surface area contributed by atoms with Gasteiger partial charge >= 0.3 is 0 Å². The smallest absolute Gasteiger partial charge is 0.276 e. The van der Waals surface area contributed by atoms with Gasteiger partial charge in [-0.05, 0) is 24.6 Å². The number of amides is 1. The van der Waals surface area contributed by atoms with Crippen LogP contribution in [0.25, 0.3) is 10.9 Å². The van der Waals surface area contributed by atoms with Crippen molar-refractivity contribution in [1.82, 2.24) is 14.8 Å². The number of hydrogen-bond acceptors (Lipinski definition) is 3. The van der Waals surface area contributed by atoms with E-state index in [1.165, 1.54) is 0 Å². The summed E-state index contributed by atoms with van der Waals surface area (Å²) in [6.45, 7) is 1.86. The van der Waals surface area contributed by atoms with Gasteiger partial charge in [0.2, 0.25) is 0 Å². The standard InChI is InChI=1S/C15H13ClN4O/c1-9-7-8-17-14(16)12(9)18-15(21)13-10-5-3-4-6-11(10)20(2)19-13/h3-8H,1-2H3,(H,18,21). The van der Waals surface area contributed by atoms with E-state index in [2.05, 4.69) is 15.4 Å². The van der Waals surface area contributed by atoms with Crippen LogP contribution in [0, 0.1) is 6.92 Å². The van der Waals surface area contributed by atoms with Crippen molar-refractivity contribution in [1.29, 1.82) is 0 Å². The minimum Gasteiger partial charge on any atom is -0.318 e. The molecule has 2 aromatic heterocycles. The number of para-hydroxylation sites is 1. The molecule has 106 valence electrons. The largest absolute Gasteiger partial charge is 0.318 e. The van der Waals surface area contributed by atoms with E-state index in [1.54, 1.807) is 24.0 Å². The minimum absolute atomic E-state index is 0.267. The first-order valence-corrected chi connectivity index (χ1v) is 6.80. The minimum atomic E-state index is -0.301. The molecule has 0 spiro atoms. The number of carbonyl (C=O) groups excluding carboxylic acids is 1. The van der Waals surface area contributed by atoms with E-state index in [-0.39, 0.29) is 11.1 Å².